The van der Waals surface area contributed by atoms with Crippen molar-refractivity contribution in [3.63, 3.8) is 0 Å². The third-order valence-corrected chi connectivity index (χ3v) is 16.7. The molecule has 8 aromatic rings. The Kier molecular flexibility index (Phi) is 10.0. The Balaban J connectivity index is 1.19. The summed E-state index contributed by atoms with van der Waals surface area (Å²) in [4.78, 5) is 2.55. The van der Waals surface area contributed by atoms with E-state index in [0.717, 1.165) is 17.1 Å². The molecule has 0 saturated heterocycles. The van der Waals surface area contributed by atoms with E-state index < -0.39 is 0 Å². The van der Waals surface area contributed by atoms with Gasteiger partial charge in [0, 0.05) is 33.3 Å². The van der Waals surface area contributed by atoms with Gasteiger partial charge in [-0.25, -0.2) is 0 Å². The van der Waals surface area contributed by atoms with Crippen LogP contribution in [0.25, 0.3) is 55.6 Å². The quantitative estimate of drug-likeness (QED) is 0.166. The van der Waals surface area contributed by atoms with E-state index in [1.54, 1.807) is 0 Å². The Morgan fingerprint density at radius 1 is 0.286 bits per heavy atom. The summed E-state index contributed by atoms with van der Waals surface area (Å²) in [6, 6.07) is 61.6. The number of hydrogen-bond acceptors (Lipinski definition) is 1. The molecule has 0 fully saturated rings. The molecule has 3 aliphatic rings. The first kappa shape index (κ1) is 46.0. The van der Waals surface area contributed by atoms with Gasteiger partial charge in [0.05, 0.1) is 0 Å². The highest BCUT2D eigenvalue weighted by Gasteiger charge is 2.40. The molecular formula is C69H71N. The summed E-state index contributed by atoms with van der Waals surface area (Å²) in [5.41, 5.74) is 28.4. The number of anilines is 3. The van der Waals surface area contributed by atoms with Crippen molar-refractivity contribution in [1.29, 1.82) is 0 Å². The number of rotatable bonds is 5. The molecule has 0 N–H and O–H groups in total. The Morgan fingerprint density at radius 2 is 0.657 bits per heavy atom. The zero-order chi connectivity index (χ0) is 49.7. The van der Waals surface area contributed by atoms with Gasteiger partial charge in [0.1, 0.15) is 0 Å². The largest absolute Gasteiger partial charge is 0.310 e. The number of benzene rings is 8. The molecule has 0 saturated carbocycles. The molecule has 3 aliphatic carbocycles. The lowest BCUT2D eigenvalue weighted by atomic mass is 9.75. The van der Waals surface area contributed by atoms with Gasteiger partial charge in [0.25, 0.3) is 0 Å². The predicted molar refractivity (Wildman–Crippen MR) is 301 cm³/mol. The zero-order valence-corrected chi connectivity index (χ0v) is 44.5. The lowest BCUT2D eigenvalue weighted by molar-refractivity contribution is 0.584. The molecule has 0 unspecified atom stereocenters. The van der Waals surface area contributed by atoms with Gasteiger partial charge in [0.15, 0.2) is 0 Å². The molecule has 0 radical (unpaired) electrons. The van der Waals surface area contributed by atoms with Crippen LogP contribution in [0.4, 0.5) is 17.1 Å². The van der Waals surface area contributed by atoms with Crippen molar-refractivity contribution in [3.05, 3.63) is 208 Å². The fourth-order valence-electron chi connectivity index (χ4n) is 12.7. The predicted octanol–water partition coefficient (Wildman–Crippen LogP) is 19.3. The van der Waals surface area contributed by atoms with Crippen LogP contribution in [-0.2, 0) is 32.5 Å². The van der Waals surface area contributed by atoms with Crippen molar-refractivity contribution in [1.82, 2.24) is 0 Å². The summed E-state index contributed by atoms with van der Waals surface area (Å²) in [6.45, 7) is 35.6. The van der Waals surface area contributed by atoms with Gasteiger partial charge in [-0.1, -0.05) is 213 Å². The van der Waals surface area contributed by atoms with Crippen LogP contribution in [-0.4, -0.2) is 0 Å². The summed E-state index contributed by atoms with van der Waals surface area (Å²) >= 11 is 0. The van der Waals surface area contributed by atoms with Crippen LogP contribution in [0.15, 0.2) is 158 Å². The minimum atomic E-state index is -0.202. The molecule has 0 aliphatic heterocycles. The smallest absolute Gasteiger partial charge is 0.0474 e. The van der Waals surface area contributed by atoms with E-state index in [4.69, 9.17) is 0 Å². The van der Waals surface area contributed by atoms with Crippen LogP contribution < -0.4 is 4.90 Å². The van der Waals surface area contributed by atoms with Gasteiger partial charge in [-0.05, 0) is 170 Å². The van der Waals surface area contributed by atoms with Crippen LogP contribution in [0, 0.1) is 0 Å². The summed E-state index contributed by atoms with van der Waals surface area (Å²) in [6.07, 6.45) is 0. The molecule has 0 bridgehead atoms. The monoisotopic (exact) mass is 914 g/mol. The topological polar surface area (TPSA) is 3.24 Å². The fraction of sp³-hybridized carbons (Fsp3) is 0.304. The lowest BCUT2D eigenvalue weighted by Gasteiger charge is -2.33. The molecule has 1 heteroatoms. The van der Waals surface area contributed by atoms with Gasteiger partial charge in [-0.3, -0.25) is 0 Å². The van der Waals surface area contributed by atoms with E-state index in [9.17, 15) is 0 Å². The van der Waals surface area contributed by atoms with Gasteiger partial charge in [-0.2, -0.15) is 0 Å². The van der Waals surface area contributed by atoms with E-state index in [-0.39, 0.29) is 32.5 Å². The first-order valence-corrected chi connectivity index (χ1v) is 25.8. The maximum Gasteiger partial charge on any atom is 0.0474 e. The van der Waals surface area contributed by atoms with E-state index in [2.05, 4.69) is 266 Å². The normalized spacial score (nSPS) is 15.7. The standard InChI is InChI=1S/C69H71N/c1-64(2,3)44-26-29-46(30-27-44)70(47-31-35-54-53-34-28-45(65(4,5)6)38-61(53)69(14,15)62(54)41-47)48-39-55(42-24-32-51-49-20-16-18-22-57(49)67(10,11)59(51)36-42)63(66(7,8)9)56(40-48)43-25-33-52-50-21-17-19-23-58(50)68(12,13)60(52)37-43/h16-41H,1-15H3. The molecule has 0 atom stereocenters. The van der Waals surface area contributed by atoms with E-state index >= 15 is 0 Å². The molecular weight excluding hydrogens is 843 g/mol. The molecule has 352 valence electrons. The molecule has 70 heavy (non-hydrogen) atoms. The highest BCUT2D eigenvalue weighted by molar-refractivity contribution is 5.93. The SMILES string of the molecule is CC(C)(C)c1ccc(N(c2cc(-c3ccc4c(c3)C(C)(C)c3ccccc3-4)c(C(C)(C)C)c(-c3ccc4c(c3)C(C)(C)c3ccccc3-4)c2)c2ccc3c(c2)C(C)(C)c2cc(C(C)(C)C)ccc2-3)cc1. The maximum atomic E-state index is 2.55. The van der Waals surface area contributed by atoms with Crippen LogP contribution in [0.5, 0.6) is 0 Å². The van der Waals surface area contributed by atoms with E-state index in [1.807, 2.05) is 0 Å². The molecule has 1 nitrogen and oxygen atoms in total. The molecule has 0 aromatic heterocycles. The summed E-state index contributed by atoms with van der Waals surface area (Å²) in [5, 5.41) is 0. The van der Waals surface area contributed by atoms with Gasteiger partial charge in [-0.15, -0.1) is 0 Å². The number of hydrogen-bond donors (Lipinski definition) is 0. The number of nitrogens with zero attached hydrogens (tertiary/aromatic N) is 1. The van der Waals surface area contributed by atoms with Crippen LogP contribution in [0.2, 0.25) is 0 Å². The first-order valence-electron chi connectivity index (χ1n) is 25.8. The average Bonchev–Trinajstić information content (AvgIpc) is 3.79. The second-order valence-electron chi connectivity index (χ2n) is 25.5. The molecule has 0 spiro atoms. The lowest BCUT2D eigenvalue weighted by Crippen LogP contribution is -2.19. The highest BCUT2D eigenvalue weighted by Crippen LogP contribution is 2.56. The highest BCUT2D eigenvalue weighted by atomic mass is 15.1. The first-order chi connectivity index (χ1) is 32.9. The van der Waals surface area contributed by atoms with Crippen LogP contribution >= 0.6 is 0 Å². The van der Waals surface area contributed by atoms with Crippen molar-refractivity contribution in [3.8, 4) is 55.6 Å². The second-order valence-corrected chi connectivity index (χ2v) is 25.5. The zero-order valence-electron chi connectivity index (χ0n) is 44.5. The maximum absolute atomic E-state index is 2.55. The Hall–Kier alpha value is -6.44. The van der Waals surface area contributed by atoms with Crippen LogP contribution in [0.1, 0.15) is 154 Å². The van der Waals surface area contributed by atoms with Gasteiger partial charge < -0.3 is 4.90 Å². The second kappa shape index (κ2) is 15.3. The van der Waals surface area contributed by atoms with E-state index in [0.29, 0.717) is 0 Å². The summed E-state index contributed by atoms with van der Waals surface area (Å²) in [7, 11) is 0. The average molecular weight is 914 g/mol. The van der Waals surface area contributed by atoms with Crippen molar-refractivity contribution < 1.29 is 0 Å². The minimum absolute atomic E-state index is 0.0232. The molecule has 8 aromatic carbocycles. The Bertz CT molecular complexity index is 3310. The van der Waals surface area contributed by atoms with Gasteiger partial charge >= 0.3 is 0 Å². The van der Waals surface area contributed by atoms with Crippen molar-refractivity contribution in [2.24, 2.45) is 0 Å². The minimum Gasteiger partial charge on any atom is -0.310 e. The molecule has 0 heterocycles. The Labute approximate surface area is 419 Å². The third-order valence-electron chi connectivity index (χ3n) is 16.7. The summed E-state index contributed by atoms with van der Waals surface area (Å²) in [5.74, 6) is 0. The Morgan fingerprint density at radius 3 is 1.13 bits per heavy atom. The van der Waals surface area contributed by atoms with Crippen molar-refractivity contribution in [2.45, 2.75) is 136 Å². The summed E-state index contributed by atoms with van der Waals surface area (Å²) < 4.78 is 0. The number of fused-ring (bicyclic) bond motifs is 9. The third kappa shape index (κ3) is 7.00. The van der Waals surface area contributed by atoms with Gasteiger partial charge in [0.2, 0.25) is 0 Å². The van der Waals surface area contributed by atoms with Crippen LogP contribution in [0.3, 0.4) is 0 Å². The molecule has 0 amide bonds. The van der Waals surface area contributed by atoms with Crippen molar-refractivity contribution in [2.75, 3.05) is 4.90 Å². The molecule has 11 rings (SSSR count). The fourth-order valence-corrected chi connectivity index (χ4v) is 12.7. The van der Waals surface area contributed by atoms with Crippen molar-refractivity contribution >= 4 is 17.1 Å². The van der Waals surface area contributed by atoms with E-state index in [1.165, 1.54) is 106 Å².